The smallest absolute Gasteiger partial charge is 0.340 e. The van der Waals surface area contributed by atoms with Crippen molar-refractivity contribution in [1.82, 2.24) is 20.3 Å². The number of carboxylic acid groups (broad SMARTS) is 1. The van der Waals surface area contributed by atoms with Gasteiger partial charge in [0.05, 0.1) is 29.1 Å². The van der Waals surface area contributed by atoms with Gasteiger partial charge in [-0.3, -0.25) is 9.59 Å². The fourth-order valence-electron chi connectivity index (χ4n) is 8.58. The molecule has 2 amide bonds. The minimum absolute atomic E-state index is 0.0387. The van der Waals surface area contributed by atoms with Crippen LogP contribution in [-0.2, 0) is 24.1 Å². The summed E-state index contributed by atoms with van der Waals surface area (Å²) in [5.74, 6) is -3.77. The summed E-state index contributed by atoms with van der Waals surface area (Å²) in [5, 5.41) is 21.6. The maximum Gasteiger partial charge on any atom is 0.340 e. The molecule has 5 aromatic carbocycles. The maximum atomic E-state index is 14.8. The van der Waals surface area contributed by atoms with Gasteiger partial charge in [0.1, 0.15) is 17.4 Å². The highest BCUT2D eigenvalue weighted by molar-refractivity contribution is 6.02. The lowest BCUT2D eigenvalue weighted by Crippen LogP contribution is -2.51. The lowest BCUT2D eigenvalue weighted by atomic mass is 9.97. The van der Waals surface area contributed by atoms with E-state index in [2.05, 4.69) is 15.8 Å². The summed E-state index contributed by atoms with van der Waals surface area (Å²) >= 11 is 0. The Morgan fingerprint density at radius 3 is 2.06 bits per heavy atom. The number of nitrogens with zero attached hydrogens (tertiary/aromatic N) is 3. The van der Waals surface area contributed by atoms with Crippen molar-refractivity contribution in [1.29, 1.82) is 0 Å². The van der Waals surface area contributed by atoms with Crippen molar-refractivity contribution < 1.29 is 42.3 Å². The zero-order valence-corrected chi connectivity index (χ0v) is 40.4. The molecule has 0 fully saturated rings. The second-order valence-electron chi connectivity index (χ2n) is 17.7. The minimum atomic E-state index is -1.84. The number of aryl methyl sites for hydroxylation is 5. The quantitative estimate of drug-likeness (QED) is 0.0443. The number of esters is 1. The molecule has 1 aromatic heterocycles. The van der Waals surface area contributed by atoms with Crippen molar-refractivity contribution in [2.45, 2.75) is 85.9 Å². The first-order chi connectivity index (χ1) is 33.0. The van der Waals surface area contributed by atoms with Gasteiger partial charge < -0.3 is 34.8 Å². The molecule has 0 radical (unpaired) electrons. The maximum absolute atomic E-state index is 14.8. The fraction of sp³-hybridized carbons (Fsp3) is 0.327. The molecular formula is C55H61F2N5O7. The zero-order chi connectivity index (χ0) is 49.8. The summed E-state index contributed by atoms with van der Waals surface area (Å²) < 4.78 is 41.4. The Kier molecular flexibility index (Phi) is 17.2. The predicted molar refractivity (Wildman–Crippen MR) is 262 cm³/mol. The molecule has 0 aliphatic carbocycles. The number of carboxylic acids is 1. The largest absolute Gasteiger partial charge is 0.478 e. The highest BCUT2D eigenvalue weighted by Crippen LogP contribution is 2.32. The number of rotatable bonds is 22. The molecule has 3 N–H and O–H groups in total. The van der Waals surface area contributed by atoms with E-state index in [-0.39, 0.29) is 59.8 Å². The van der Waals surface area contributed by atoms with Crippen molar-refractivity contribution in [2.24, 2.45) is 0 Å². The number of carbonyl (C=O) groups excluding carboxylic acids is 3. The fourth-order valence-corrected chi connectivity index (χ4v) is 8.58. The minimum Gasteiger partial charge on any atom is -0.478 e. The van der Waals surface area contributed by atoms with Crippen LogP contribution in [0, 0.1) is 39.3 Å². The third-order valence-corrected chi connectivity index (χ3v) is 11.9. The van der Waals surface area contributed by atoms with Crippen LogP contribution < -0.4 is 10.6 Å². The molecule has 1 heterocycles. The lowest BCUT2D eigenvalue weighted by Gasteiger charge is -2.37. The van der Waals surface area contributed by atoms with Crippen LogP contribution in [0.15, 0.2) is 108 Å². The van der Waals surface area contributed by atoms with E-state index in [9.17, 15) is 33.1 Å². The number of likely N-dealkylation sites (N-methyl/N-ethyl adjacent to an activating group) is 1. The first-order valence-corrected chi connectivity index (χ1v) is 23.3. The summed E-state index contributed by atoms with van der Waals surface area (Å²) in [7, 11) is 1.65. The molecule has 69 heavy (non-hydrogen) atoms. The summed E-state index contributed by atoms with van der Waals surface area (Å²) in [6, 6.07) is 28.2. The SMILES string of the molecule is CCCN(CCC)C(=O)c1cc(C)cc(C(=O)O[C@](CCc2cc(F)cc(F)c2)(CNCc2cccc(-c3c(C)noc3C)c2)Nc2c(C)cc(C(=O)N(C)CCc3ccccc3)cc2C(=O)O)c1. The Morgan fingerprint density at radius 2 is 1.41 bits per heavy atom. The second kappa shape index (κ2) is 23.2. The van der Waals surface area contributed by atoms with E-state index in [4.69, 9.17) is 9.26 Å². The van der Waals surface area contributed by atoms with Gasteiger partial charge in [-0.15, -0.1) is 0 Å². The van der Waals surface area contributed by atoms with Crippen molar-refractivity contribution in [3.05, 3.63) is 176 Å². The van der Waals surface area contributed by atoms with E-state index in [0.717, 1.165) is 46.9 Å². The summed E-state index contributed by atoms with van der Waals surface area (Å²) in [5.41, 5.74) is 4.02. The molecule has 12 nitrogen and oxygen atoms in total. The number of nitrogens with one attached hydrogen (secondary N) is 2. The van der Waals surface area contributed by atoms with E-state index >= 15 is 0 Å². The van der Waals surface area contributed by atoms with Gasteiger partial charge in [-0.25, -0.2) is 18.4 Å². The van der Waals surface area contributed by atoms with E-state index in [1.807, 2.05) is 82.3 Å². The molecule has 0 unspecified atom stereocenters. The van der Waals surface area contributed by atoms with Crippen molar-refractivity contribution >= 4 is 29.4 Å². The molecule has 6 aromatic rings. The molecule has 1 atom stereocenters. The molecule has 0 spiro atoms. The van der Waals surface area contributed by atoms with Gasteiger partial charge in [0.15, 0.2) is 5.72 Å². The van der Waals surface area contributed by atoms with Gasteiger partial charge >= 0.3 is 11.9 Å². The van der Waals surface area contributed by atoms with Gasteiger partial charge in [0.25, 0.3) is 11.8 Å². The molecule has 0 aliphatic heterocycles. The number of carbonyl (C=O) groups is 4. The number of ether oxygens (including phenoxy) is 1. The van der Waals surface area contributed by atoms with Gasteiger partial charge in [-0.1, -0.05) is 67.5 Å². The van der Waals surface area contributed by atoms with Crippen LogP contribution in [0.4, 0.5) is 14.5 Å². The third kappa shape index (κ3) is 13.3. The van der Waals surface area contributed by atoms with Crippen LogP contribution in [-0.4, -0.2) is 82.8 Å². The van der Waals surface area contributed by atoms with Crippen LogP contribution in [0.3, 0.4) is 0 Å². The standard InChI is InChI=1S/C55H61F2N5O7/c1-8-21-62(22-9-2)52(64)43-24-35(3)25-45(30-43)54(67)68-55(20-18-40-28-46(56)32-47(57)29-40,34-58-33-41-16-13-17-42(27-41)49-37(5)60-69-38(49)6)59-50-36(4)26-44(31-48(50)53(65)66)51(63)61(7)23-19-39-14-11-10-12-15-39/h10-17,24-32,58-59H,8-9,18-23,33-34H2,1-7H3,(H,65,66)/t55-/m1/s1. The third-order valence-electron chi connectivity index (χ3n) is 11.9. The van der Waals surface area contributed by atoms with Crippen LogP contribution in [0.1, 0.15) is 114 Å². The molecule has 0 saturated heterocycles. The predicted octanol–water partition coefficient (Wildman–Crippen LogP) is 10.5. The van der Waals surface area contributed by atoms with Crippen molar-refractivity contribution in [3.8, 4) is 11.1 Å². The number of aromatic carboxylic acids is 1. The Balaban J connectivity index is 1.43. The van der Waals surface area contributed by atoms with Crippen LogP contribution >= 0.6 is 0 Å². The highest BCUT2D eigenvalue weighted by atomic mass is 19.1. The average Bonchev–Trinajstić information content (AvgIpc) is 3.66. The first-order valence-electron chi connectivity index (χ1n) is 23.3. The molecule has 14 heteroatoms. The van der Waals surface area contributed by atoms with Crippen molar-refractivity contribution in [3.63, 3.8) is 0 Å². The first kappa shape index (κ1) is 51.2. The molecule has 0 aliphatic rings. The van der Waals surface area contributed by atoms with Crippen LogP contribution in [0.25, 0.3) is 11.1 Å². The van der Waals surface area contributed by atoms with Crippen LogP contribution in [0.5, 0.6) is 0 Å². The topological polar surface area (TPSA) is 154 Å². The number of benzene rings is 5. The molecule has 362 valence electrons. The Labute approximate surface area is 402 Å². The number of anilines is 1. The normalized spacial score (nSPS) is 12.0. The highest BCUT2D eigenvalue weighted by Gasteiger charge is 2.37. The number of hydrogen-bond acceptors (Lipinski definition) is 9. The van der Waals surface area contributed by atoms with Gasteiger partial charge in [-0.05, 0) is 135 Å². The van der Waals surface area contributed by atoms with E-state index in [1.54, 1.807) is 44.0 Å². The number of aromatic nitrogens is 1. The average molecular weight is 942 g/mol. The number of amides is 2. The van der Waals surface area contributed by atoms with Gasteiger partial charge in [0.2, 0.25) is 0 Å². The van der Waals surface area contributed by atoms with E-state index in [1.165, 1.54) is 29.2 Å². The van der Waals surface area contributed by atoms with Crippen LogP contribution in [0.2, 0.25) is 0 Å². The summed E-state index contributed by atoms with van der Waals surface area (Å²) in [6.45, 7) is 12.6. The molecule has 0 bridgehead atoms. The number of halogens is 2. The van der Waals surface area contributed by atoms with Gasteiger partial charge in [-0.2, -0.15) is 0 Å². The zero-order valence-electron chi connectivity index (χ0n) is 40.4. The number of hydrogen-bond donors (Lipinski definition) is 3. The summed E-state index contributed by atoms with van der Waals surface area (Å²) in [6.07, 6.45) is 1.89. The van der Waals surface area contributed by atoms with Gasteiger partial charge in [0, 0.05) is 62.4 Å². The summed E-state index contributed by atoms with van der Waals surface area (Å²) in [4.78, 5) is 59.0. The Morgan fingerprint density at radius 1 is 0.739 bits per heavy atom. The van der Waals surface area contributed by atoms with E-state index in [0.29, 0.717) is 48.5 Å². The van der Waals surface area contributed by atoms with E-state index < -0.39 is 35.2 Å². The monoisotopic (exact) mass is 941 g/mol. The molecule has 0 saturated carbocycles. The molecular weight excluding hydrogens is 881 g/mol. The van der Waals surface area contributed by atoms with Crippen molar-refractivity contribution in [2.75, 3.05) is 38.5 Å². The Hall–Kier alpha value is -7.19. The second-order valence-corrected chi connectivity index (χ2v) is 17.7. The molecule has 6 rings (SSSR count). The lowest BCUT2D eigenvalue weighted by molar-refractivity contribution is -0.00840. The Bertz CT molecular complexity index is 2750.